The maximum atomic E-state index is 13.0. The van der Waals surface area contributed by atoms with Gasteiger partial charge in [0.1, 0.15) is 0 Å². The van der Waals surface area contributed by atoms with Crippen LogP contribution in [-0.4, -0.2) is 60.3 Å². The number of anilines is 3. The van der Waals surface area contributed by atoms with Gasteiger partial charge in [0.05, 0.1) is 0 Å². The second-order valence-electron chi connectivity index (χ2n) is 10.1. The van der Waals surface area contributed by atoms with Gasteiger partial charge in [-0.1, -0.05) is 0 Å². The van der Waals surface area contributed by atoms with Crippen molar-refractivity contribution in [1.82, 2.24) is 14.8 Å². The van der Waals surface area contributed by atoms with Crippen LogP contribution < -0.4 is 4.90 Å². The van der Waals surface area contributed by atoms with Gasteiger partial charge in [0.15, 0.2) is 0 Å². The van der Waals surface area contributed by atoms with Gasteiger partial charge in [0.25, 0.3) is 0 Å². The van der Waals surface area contributed by atoms with Gasteiger partial charge < -0.3 is 0 Å². The Morgan fingerprint density at radius 3 is 2.41 bits per heavy atom. The molecule has 7 rings (SSSR count). The second-order valence-corrected chi connectivity index (χ2v) is 12.7. The molecule has 0 saturated carbocycles. The van der Waals surface area contributed by atoms with Gasteiger partial charge >= 0.3 is 226 Å². The summed E-state index contributed by atoms with van der Waals surface area (Å²) in [5.41, 5.74) is 5.93. The van der Waals surface area contributed by atoms with E-state index in [9.17, 15) is 9.59 Å². The maximum absolute atomic E-state index is 13.0. The summed E-state index contributed by atoms with van der Waals surface area (Å²) in [6.45, 7) is 4.51. The van der Waals surface area contributed by atoms with Crippen molar-refractivity contribution in [2.75, 3.05) is 19.0 Å². The number of nitrogens with zero attached hydrogens (tertiary/aromatic N) is 4. The Bertz CT molecular complexity index is 1740. The van der Waals surface area contributed by atoms with Crippen LogP contribution in [0, 0.1) is 0 Å². The molecular weight excluding hydrogens is 547 g/mol. The summed E-state index contributed by atoms with van der Waals surface area (Å²) in [7, 11) is 3.22. The van der Waals surface area contributed by atoms with Crippen LogP contribution in [0.2, 0.25) is 0 Å². The predicted octanol–water partition coefficient (Wildman–Crippen LogP) is 4.98. The van der Waals surface area contributed by atoms with Crippen LogP contribution in [0.1, 0.15) is 29.4 Å². The molecule has 8 heteroatoms. The molecule has 1 fully saturated rings. The van der Waals surface area contributed by atoms with Gasteiger partial charge in [-0.25, -0.2) is 0 Å². The number of aromatic nitrogens is 1. The van der Waals surface area contributed by atoms with Crippen LogP contribution in [-0.2, 0) is 15.0 Å². The van der Waals surface area contributed by atoms with E-state index < -0.39 is 0 Å². The molecule has 6 nitrogen and oxygen atoms in total. The minimum absolute atomic E-state index is 0.143. The van der Waals surface area contributed by atoms with E-state index in [0.717, 1.165) is 21.0 Å². The first-order chi connectivity index (χ1) is 17.7. The number of pyridine rings is 1. The second kappa shape index (κ2) is 7.48. The molecule has 37 heavy (non-hydrogen) atoms. The van der Waals surface area contributed by atoms with E-state index in [2.05, 4.69) is 67.3 Å². The third-order valence-corrected chi connectivity index (χ3v) is 10.5. The Hall–Kier alpha value is -3.58. The summed E-state index contributed by atoms with van der Waals surface area (Å²) < 4.78 is 2.18. The third kappa shape index (κ3) is 2.86. The summed E-state index contributed by atoms with van der Waals surface area (Å²) >= 11 is 5.11. The van der Waals surface area contributed by atoms with E-state index in [0.29, 0.717) is 0 Å². The number of benzene rings is 2. The molecule has 0 N–H and O–H groups in total. The summed E-state index contributed by atoms with van der Waals surface area (Å²) in [6, 6.07) is 17.2. The van der Waals surface area contributed by atoms with Crippen LogP contribution in [0.3, 0.4) is 0 Å². The normalized spacial score (nSPS) is 17.4. The number of carbonyl (C=O) groups is 2. The fourth-order valence-electron chi connectivity index (χ4n) is 5.76. The Morgan fingerprint density at radius 2 is 1.65 bits per heavy atom. The average Bonchev–Trinajstić information content (AvgIpc) is 3.33. The molecule has 0 radical (unpaired) electrons. The fraction of sp³-hybridized carbons (Fsp3) is 0.172. The Morgan fingerprint density at radius 1 is 0.946 bits per heavy atom. The molecule has 182 valence electrons. The van der Waals surface area contributed by atoms with Crippen molar-refractivity contribution in [2.24, 2.45) is 0 Å². The summed E-state index contributed by atoms with van der Waals surface area (Å²) in [4.78, 5) is 36.0. The van der Waals surface area contributed by atoms with Gasteiger partial charge in [-0.3, -0.25) is 0 Å². The summed E-state index contributed by atoms with van der Waals surface area (Å²) in [6.07, 6.45) is 3.65. The van der Waals surface area contributed by atoms with E-state index in [1.807, 2.05) is 6.20 Å². The molecule has 5 heterocycles. The molecule has 0 aliphatic carbocycles. The van der Waals surface area contributed by atoms with E-state index in [1.54, 1.807) is 20.2 Å². The zero-order chi connectivity index (χ0) is 25.8. The van der Waals surface area contributed by atoms with Crippen molar-refractivity contribution < 1.29 is 9.59 Å². The topological polar surface area (TPSA) is 56.8 Å². The molecule has 0 bridgehead atoms. The Labute approximate surface area is 225 Å². The van der Waals surface area contributed by atoms with Crippen molar-refractivity contribution in [3.8, 4) is 11.1 Å². The minimum atomic E-state index is -0.363. The molecule has 0 spiro atoms. The van der Waals surface area contributed by atoms with Gasteiger partial charge in [0.2, 0.25) is 0 Å². The number of para-hydroxylation sites is 1. The molecule has 2 aromatic carbocycles. The molecule has 0 unspecified atom stereocenters. The van der Waals surface area contributed by atoms with Crippen LogP contribution in [0.5, 0.6) is 0 Å². The van der Waals surface area contributed by atoms with Crippen molar-refractivity contribution in [3.63, 3.8) is 0 Å². The Balaban J connectivity index is 1.49. The van der Waals surface area contributed by atoms with Gasteiger partial charge in [0, 0.05) is 0 Å². The number of carbonyl (C=O) groups excluding carboxylic acids is 2. The van der Waals surface area contributed by atoms with Crippen LogP contribution >= 0.6 is 12.2 Å². The van der Waals surface area contributed by atoms with Crippen molar-refractivity contribution in [2.45, 2.75) is 19.3 Å². The van der Waals surface area contributed by atoms with Crippen LogP contribution in [0.4, 0.5) is 16.1 Å². The number of likely N-dealkylation sites (N-methyl/N-ethyl adjacent to an activating group) is 2. The SMILES string of the molecule is CN1C(=O)C(=Cc2cc3c([se]2)N2c4c(cccc4C3(C)C)-c3cccc4ccnc2c34)C(=O)N(C)C1=S. The molecule has 2 aromatic heterocycles. The first-order valence-electron chi connectivity index (χ1n) is 12.0. The number of thiocarbonyl (C=S) groups is 1. The number of fused-ring (bicyclic) bond motifs is 4. The average molecular weight is 570 g/mol. The molecule has 1 saturated heterocycles. The van der Waals surface area contributed by atoms with Crippen molar-refractivity contribution >= 4 is 76.6 Å². The third-order valence-electron chi connectivity index (χ3n) is 7.74. The zero-order valence-electron chi connectivity index (χ0n) is 20.7. The van der Waals surface area contributed by atoms with E-state index in [-0.39, 0.29) is 42.4 Å². The van der Waals surface area contributed by atoms with Gasteiger partial charge in [-0.15, -0.1) is 0 Å². The Kier molecular flexibility index (Phi) is 4.57. The van der Waals surface area contributed by atoms with E-state index >= 15 is 0 Å². The number of rotatable bonds is 1. The van der Waals surface area contributed by atoms with E-state index in [1.165, 1.54) is 42.3 Å². The zero-order valence-corrected chi connectivity index (χ0v) is 23.2. The van der Waals surface area contributed by atoms with Gasteiger partial charge in [-0.05, 0) is 0 Å². The first-order valence-corrected chi connectivity index (χ1v) is 14.1. The molecule has 2 amide bonds. The first kappa shape index (κ1) is 22.6. The predicted molar refractivity (Wildman–Crippen MR) is 151 cm³/mol. The summed E-state index contributed by atoms with van der Waals surface area (Å²) in [5.74, 6) is 0.213. The number of hydrogen-bond donors (Lipinski definition) is 0. The summed E-state index contributed by atoms with van der Waals surface area (Å²) in [5, 5.41) is 2.52. The fourth-order valence-corrected chi connectivity index (χ4v) is 8.59. The monoisotopic (exact) mass is 570 g/mol. The van der Waals surface area contributed by atoms with Gasteiger partial charge in [-0.2, -0.15) is 0 Å². The molecular formula is C29H22N4O2SSe. The van der Waals surface area contributed by atoms with Crippen molar-refractivity contribution in [3.05, 3.63) is 75.9 Å². The molecule has 3 aliphatic heterocycles. The standard InChI is InChI=1S/C29H22N4O2SSe/c1-29(2)20-10-6-9-18-17-8-5-7-15-11-12-30-24(22(15)17)33(23(18)20)27-21(29)14-16(37-27)13-19-25(34)31(3)28(36)32(4)26(19)35/h5-14H,1-4H3. The number of hydrogen-bond acceptors (Lipinski definition) is 5. The molecule has 3 aliphatic rings. The quantitative estimate of drug-likeness (QED) is 0.123. The van der Waals surface area contributed by atoms with Crippen LogP contribution in [0.25, 0.3) is 28.0 Å². The van der Waals surface area contributed by atoms with Crippen molar-refractivity contribution in [1.29, 1.82) is 0 Å². The molecule has 4 aromatic rings. The van der Waals surface area contributed by atoms with Crippen LogP contribution in [0.15, 0.2) is 60.3 Å². The van der Waals surface area contributed by atoms with E-state index in [4.69, 9.17) is 17.2 Å². The number of amides is 2. The molecule has 0 atom stereocenters.